The van der Waals surface area contributed by atoms with Gasteiger partial charge in [0.05, 0.1) is 0 Å². The van der Waals surface area contributed by atoms with Gasteiger partial charge >= 0.3 is 0 Å². The molecule has 1 fully saturated rings. The summed E-state index contributed by atoms with van der Waals surface area (Å²) < 4.78 is 0. The molecule has 0 saturated carbocycles. The molecule has 0 aliphatic carbocycles. The van der Waals surface area contributed by atoms with Crippen LogP contribution >= 0.6 is 0 Å². The summed E-state index contributed by atoms with van der Waals surface area (Å²) in [5.74, 6) is -0.0714. The molecule has 0 radical (unpaired) electrons. The SMILES string of the molecule is CC(C)c1ccccc1NC(=O)c1cc(C(=O)N2CCN(C)CC2)ccn1. The number of hydrogen-bond acceptors (Lipinski definition) is 4. The molecule has 1 N–H and O–H groups in total. The summed E-state index contributed by atoms with van der Waals surface area (Å²) >= 11 is 0. The normalized spacial score (nSPS) is 15.0. The molecule has 1 aliphatic rings. The smallest absolute Gasteiger partial charge is 0.274 e. The van der Waals surface area contributed by atoms with E-state index in [-0.39, 0.29) is 17.5 Å². The van der Waals surface area contributed by atoms with Gasteiger partial charge in [-0.1, -0.05) is 32.0 Å². The highest BCUT2D eigenvalue weighted by Crippen LogP contribution is 2.24. The highest BCUT2D eigenvalue weighted by atomic mass is 16.2. The first-order valence-corrected chi connectivity index (χ1v) is 9.30. The molecular formula is C21H26N4O2. The van der Waals surface area contributed by atoms with E-state index in [1.165, 1.54) is 6.20 Å². The van der Waals surface area contributed by atoms with Crippen molar-refractivity contribution >= 4 is 17.5 Å². The average Bonchev–Trinajstić information content (AvgIpc) is 2.68. The molecule has 0 spiro atoms. The Labute approximate surface area is 160 Å². The zero-order chi connectivity index (χ0) is 19.4. The number of benzene rings is 1. The second-order valence-electron chi connectivity index (χ2n) is 7.22. The lowest BCUT2D eigenvalue weighted by atomic mass is 10.0. The van der Waals surface area contributed by atoms with Crippen LogP contribution in [0.3, 0.4) is 0 Å². The third-order valence-electron chi connectivity index (χ3n) is 4.86. The fourth-order valence-electron chi connectivity index (χ4n) is 3.18. The van der Waals surface area contributed by atoms with Gasteiger partial charge in [0.1, 0.15) is 5.69 Å². The lowest BCUT2D eigenvalue weighted by molar-refractivity contribution is 0.0664. The van der Waals surface area contributed by atoms with E-state index >= 15 is 0 Å². The second kappa shape index (κ2) is 8.31. The largest absolute Gasteiger partial charge is 0.336 e. The number of pyridine rings is 1. The lowest BCUT2D eigenvalue weighted by Crippen LogP contribution is -2.47. The predicted octanol–water partition coefficient (Wildman–Crippen LogP) is 2.84. The minimum absolute atomic E-state index is 0.0536. The minimum atomic E-state index is -0.309. The van der Waals surface area contributed by atoms with Crippen LogP contribution in [-0.2, 0) is 0 Å². The molecule has 1 aliphatic heterocycles. The van der Waals surface area contributed by atoms with Crippen molar-refractivity contribution in [2.45, 2.75) is 19.8 Å². The van der Waals surface area contributed by atoms with Crippen LogP contribution in [0, 0.1) is 0 Å². The lowest BCUT2D eigenvalue weighted by Gasteiger charge is -2.32. The Bertz CT molecular complexity index is 826. The summed E-state index contributed by atoms with van der Waals surface area (Å²) in [5, 5.41) is 2.93. The molecule has 0 unspecified atom stereocenters. The highest BCUT2D eigenvalue weighted by molar-refractivity contribution is 6.05. The van der Waals surface area contributed by atoms with Crippen molar-refractivity contribution in [2.24, 2.45) is 0 Å². The summed E-state index contributed by atoms with van der Waals surface area (Å²) in [4.78, 5) is 33.6. The number of anilines is 1. The first kappa shape index (κ1) is 19.0. The third kappa shape index (κ3) is 4.52. The van der Waals surface area contributed by atoms with Crippen LogP contribution < -0.4 is 5.32 Å². The van der Waals surface area contributed by atoms with Crippen molar-refractivity contribution < 1.29 is 9.59 Å². The second-order valence-corrected chi connectivity index (χ2v) is 7.22. The number of hydrogen-bond donors (Lipinski definition) is 1. The molecule has 2 amide bonds. The van der Waals surface area contributed by atoms with Crippen molar-refractivity contribution in [1.29, 1.82) is 0 Å². The molecular weight excluding hydrogens is 340 g/mol. The van der Waals surface area contributed by atoms with Gasteiger partial charge in [-0.2, -0.15) is 0 Å². The van der Waals surface area contributed by atoms with E-state index in [1.54, 1.807) is 12.1 Å². The Morgan fingerprint density at radius 3 is 2.48 bits per heavy atom. The first-order chi connectivity index (χ1) is 13.0. The summed E-state index contributed by atoms with van der Waals surface area (Å²) in [6, 6.07) is 11.0. The van der Waals surface area contributed by atoms with Gasteiger partial charge in [-0.15, -0.1) is 0 Å². The topological polar surface area (TPSA) is 65.5 Å². The van der Waals surface area contributed by atoms with E-state index in [4.69, 9.17) is 0 Å². The maximum atomic E-state index is 12.7. The van der Waals surface area contributed by atoms with E-state index in [2.05, 4.69) is 29.0 Å². The molecule has 0 atom stereocenters. The molecule has 1 saturated heterocycles. The number of amides is 2. The Morgan fingerprint density at radius 1 is 1.07 bits per heavy atom. The molecule has 27 heavy (non-hydrogen) atoms. The Morgan fingerprint density at radius 2 is 1.78 bits per heavy atom. The maximum absolute atomic E-state index is 12.7. The van der Waals surface area contributed by atoms with Crippen LogP contribution in [0.4, 0.5) is 5.69 Å². The van der Waals surface area contributed by atoms with Gasteiger partial charge in [0.15, 0.2) is 0 Å². The molecule has 3 rings (SSSR count). The third-order valence-corrected chi connectivity index (χ3v) is 4.86. The summed E-state index contributed by atoms with van der Waals surface area (Å²) in [6.45, 7) is 7.27. The number of piperazine rings is 1. The first-order valence-electron chi connectivity index (χ1n) is 9.30. The molecule has 2 heterocycles. The number of nitrogens with zero attached hydrogens (tertiary/aromatic N) is 3. The summed E-state index contributed by atoms with van der Waals surface area (Å²) in [5.41, 5.74) is 2.58. The zero-order valence-corrected chi connectivity index (χ0v) is 16.1. The van der Waals surface area contributed by atoms with E-state index in [1.807, 2.05) is 36.2 Å². The average molecular weight is 366 g/mol. The van der Waals surface area contributed by atoms with Crippen molar-refractivity contribution in [1.82, 2.24) is 14.8 Å². The molecule has 6 nitrogen and oxygen atoms in total. The standard InChI is InChI=1S/C21H26N4O2/c1-15(2)17-6-4-5-7-18(17)23-20(26)19-14-16(8-9-22-19)21(27)25-12-10-24(3)11-13-25/h4-9,14-15H,10-13H2,1-3H3,(H,23,26). The van der Waals surface area contributed by atoms with Gasteiger partial charge in [-0.05, 0) is 36.7 Å². The maximum Gasteiger partial charge on any atom is 0.274 e. The molecule has 2 aromatic rings. The molecule has 142 valence electrons. The van der Waals surface area contributed by atoms with Crippen LogP contribution in [-0.4, -0.2) is 59.8 Å². The monoisotopic (exact) mass is 366 g/mol. The van der Waals surface area contributed by atoms with Crippen molar-refractivity contribution in [3.05, 3.63) is 59.4 Å². The number of carbonyl (C=O) groups excluding carboxylic acids is 2. The number of rotatable bonds is 4. The molecule has 0 bridgehead atoms. The van der Waals surface area contributed by atoms with Crippen molar-refractivity contribution in [3.63, 3.8) is 0 Å². The van der Waals surface area contributed by atoms with Crippen LogP contribution in [0.5, 0.6) is 0 Å². The van der Waals surface area contributed by atoms with Gasteiger partial charge in [0, 0.05) is 43.6 Å². The number of aromatic nitrogens is 1. The van der Waals surface area contributed by atoms with Crippen LogP contribution in [0.1, 0.15) is 46.2 Å². The molecule has 1 aromatic heterocycles. The van der Waals surface area contributed by atoms with Gasteiger partial charge in [-0.25, -0.2) is 0 Å². The highest BCUT2D eigenvalue weighted by Gasteiger charge is 2.21. The van der Waals surface area contributed by atoms with E-state index < -0.39 is 0 Å². The Balaban J connectivity index is 1.75. The molecule has 1 aromatic carbocycles. The Kier molecular flexibility index (Phi) is 5.86. The van der Waals surface area contributed by atoms with E-state index in [0.29, 0.717) is 24.6 Å². The van der Waals surface area contributed by atoms with E-state index in [9.17, 15) is 9.59 Å². The van der Waals surface area contributed by atoms with Gasteiger partial charge in [0.25, 0.3) is 11.8 Å². The van der Waals surface area contributed by atoms with Gasteiger partial charge in [-0.3, -0.25) is 14.6 Å². The number of para-hydroxylation sites is 1. The minimum Gasteiger partial charge on any atom is -0.336 e. The number of nitrogens with one attached hydrogen (secondary N) is 1. The zero-order valence-electron chi connectivity index (χ0n) is 16.1. The quantitative estimate of drug-likeness (QED) is 0.904. The van der Waals surface area contributed by atoms with E-state index in [0.717, 1.165) is 24.3 Å². The van der Waals surface area contributed by atoms with Crippen LogP contribution in [0.25, 0.3) is 0 Å². The van der Waals surface area contributed by atoms with Crippen molar-refractivity contribution in [2.75, 3.05) is 38.5 Å². The predicted molar refractivity (Wildman–Crippen MR) is 106 cm³/mol. The van der Waals surface area contributed by atoms with Crippen molar-refractivity contribution in [3.8, 4) is 0 Å². The fourth-order valence-corrected chi connectivity index (χ4v) is 3.18. The molecule has 6 heteroatoms. The summed E-state index contributed by atoms with van der Waals surface area (Å²) in [7, 11) is 2.05. The van der Waals surface area contributed by atoms with Gasteiger partial charge in [0.2, 0.25) is 0 Å². The summed E-state index contributed by atoms with van der Waals surface area (Å²) in [6.07, 6.45) is 1.52. The van der Waals surface area contributed by atoms with Gasteiger partial charge < -0.3 is 15.1 Å². The number of likely N-dealkylation sites (N-methyl/N-ethyl adjacent to an activating group) is 1. The fraction of sp³-hybridized carbons (Fsp3) is 0.381. The Hall–Kier alpha value is -2.73. The van der Waals surface area contributed by atoms with Crippen LogP contribution in [0.2, 0.25) is 0 Å². The van der Waals surface area contributed by atoms with Crippen LogP contribution in [0.15, 0.2) is 42.6 Å². The number of carbonyl (C=O) groups is 2.